The van der Waals surface area contributed by atoms with E-state index >= 15 is 0 Å². The minimum atomic E-state index is -4.97. The molecule has 0 aliphatic heterocycles. The monoisotopic (exact) mass is 1580 g/mol. The van der Waals surface area contributed by atoms with Crippen LogP contribution in [0.1, 0.15) is 466 Å². The van der Waals surface area contributed by atoms with Gasteiger partial charge in [-0.05, 0) is 49.4 Å². The van der Waals surface area contributed by atoms with Gasteiger partial charge in [0, 0.05) is 25.7 Å². The number of hydrogen-bond acceptors (Lipinski definition) is 15. The number of carbonyl (C=O) groups excluding carboxylic acids is 4. The molecule has 0 saturated carbocycles. The van der Waals surface area contributed by atoms with Crippen LogP contribution in [-0.2, 0) is 65.4 Å². The van der Waals surface area contributed by atoms with Gasteiger partial charge in [0.05, 0.1) is 26.4 Å². The van der Waals surface area contributed by atoms with Crippen molar-refractivity contribution in [1.29, 1.82) is 0 Å². The van der Waals surface area contributed by atoms with E-state index in [4.69, 9.17) is 37.0 Å². The third-order valence-electron chi connectivity index (χ3n) is 21.2. The molecule has 0 rings (SSSR count). The van der Waals surface area contributed by atoms with E-state index in [9.17, 15) is 43.2 Å². The van der Waals surface area contributed by atoms with Crippen LogP contribution in [-0.4, -0.2) is 96.7 Å². The number of hydrogen-bond donors (Lipinski definition) is 3. The van der Waals surface area contributed by atoms with Crippen molar-refractivity contribution >= 4 is 39.5 Å². The van der Waals surface area contributed by atoms with Gasteiger partial charge in [0.15, 0.2) is 12.2 Å². The number of esters is 4. The van der Waals surface area contributed by atoms with Crippen molar-refractivity contribution in [2.45, 2.75) is 485 Å². The Morgan fingerprint density at radius 3 is 0.657 bits per heavy atom. The van der Waals surface area contributed by atoms with Crippen molar-refractivity contribution < 1.29 is 80.2 Å². The first-order valence-corrected chi connectivity index (χ1v) is 48.7. The second kappa shape index (κ2) is 77.6. The van der Waals surface area contributed by atoms with E-state index in [1.54, 1.807) is 0 Å². The topological polar surface area (TPSA) is 237 Å². The fourth-order valence-electron chi connectivity index (χ4n) is 13.8. The summed E-state index contributed by atoms with van der Waals surface area (Å²) in [5.74, 6) is 1.08. The minimum Gasteiger partial charge on any atom is -0.462 e. The zero-order valence-electron chi connectivity index (χ0n) is 71.5. The number of phosphoric ester groups is 2. The highest BCUT2D eigenvalue weighted by Gasteiger charge is 2.31. The average Bonchev–Trinajstić information content (AvgIpc) is 0.891. The maximum atomic E-state index is 13.2. The van der Waals surface area contributed by atoms with Crippen molar-refractivity contribution in [3.05, 3.63) is 0 Å². The van der Waals surface area contributed by atoms with Crippen molar-refractivity contribution in [1.82, 2.24) is 0 Å². The second-order valence-electron chi connectivity index (χ2n) is 33.7. The number of unbranched alkanes of at least 4 members (excludes halogenated alkanes) is 51. The lowest BCUT2D eigenvalue weighted by Gasteiger charge is -2.21. The van der Waals surface area contributed by atoms with E-state index in [1.165, 1.54) is 263 Å². The predicted molar refractivity (Wildman–Crippen MR) is 446 cm³/mol. The summed E-state index contributed by atoms with van der Waals surface area (Å²) in [4.78, 5) is 73.3. The van der Waals surface area contributed by atoms with Crippen molar-refractivity contribution in [3.63, 3.8) is 0 Å². The Morgan fingerprint density at radius 1 is 0.259 bits per heavy atom. The van der Waals surface area contributed by atoms with Crippen LogP contribution < -0.4 is 0 Å². The van der Waals surface area contributed by atoms with Crippen LogP contribution >= 0.6 is 15.6 Å². The molecule has 6 atom stereocenters. The summed E-state index contributed by atoms with van der Waals surface area (Å²) in [7, 11) is -9.93. The molecule has 19 heteroatoms. The third-order valence-corrected chi connectivity index (χ3v) is 23.1. The van der Waals surface area contributed by atoms with Gasteiger partial charge in [-0.25, -0.2) is 9.13 Å². The molecule has 17 nitrogen and oxygen atoms in total. The molecule has 0 aliphatic carbocycles. The van der Waals surface area contributed by atoms with Gasteiger partial charge in [0.2, 0.25) is 0 Å². The Bertz CT molecular complexity index is 2100. The SMILES string of the molecule is CCC(C)CCCCCCCCCCCCCCCCCCCCC(=O)O[C@H](COC(=O)CCCCCCCCCCCCCCCCCC(C)C)COP(=O)(O)OCC(O)COP(=O)(O)OC[C@@H](COC(=O)CCCCCCCCCC(C)C)OC(=O)CCCCCCCCCCCCCCCCCC(C)C. The van der Waals surface area contributed by atoms with Gasteiger partial charge in [-0.15, -0.1) is 0 Å². The maximum absolute atomic E-state index is 13.2. The van der Waals surface area contributed by atoms with Gasteiger partial charge in [-0.2, -0.15) is 0 Å². The Balaban J connectivity index is 5.22. The molecule has 108 heavy (non-hydrogen) atoms. The second-order valence-corrected chi connectivity index (χ2v) is 36.6. The average molecular weight is 1580 g/mol. The molecule has 0 saturated heterocycles. The van der Waals surface area contributed by atoms with Crippen LogP contribution in [0, 0.1) is 23.7 Å². The summed E-state index contributed by atoms with van der Waals surface area (Å²) in [6, 6.07) is 0. The normalized spacial score (nSPS) is 14.1. The zero-order chi connectivity index (χ0) is 79.5. The minimum absolute atomic E-state index is 0.107. The molecule has 0 aromatic heterocycles. The highest BCUT2D eigenvalue weighted by molar-refractivity contribution is 7.47. The largest absolute Gasteiger partial charge is 0.472 e. The summed E-state index contributed by atoms with van der Waals surface area (Å²) < 4.78 is 69.0. The van der Waals surface area contributed by atoms with Gasteiger partial charge >= 0.3 is 39.5 Å². The summed E-state index contributed by atoms with van der Waals surface area (Å²) >= 11 is 0. The smallest absolute Gasteiger partial charge is 0.462 e. The summed E-state index contributed by atoms with van der Waals surface area (Å²) in [5, 5.41) is 10.7. The van der Waals surface area contributed by atoms with Crippen molar-refractivity contribution in [3.8, 4) is 0 Å². The van der Waals surface area contributed by atoms with Gasteiger partial charge in [-0.1, -0.05) is 415 Å². The van der Waals surface area contributed by atoms with Gasteiger partial charge in [-0.3, -0.25) is 37.3 Å². The van der Waals surface area contributed by atoms with Crippen LogP contribution in [0.15, 0.2) is 0 Å². The molecule has 4 unspecified atom stereocenters. The van der Waals surface area contributed by atoms with Crippen LogP contribution in [0.4, 0.5) is 0 Å². The van der Waals surface area contributed by atoms with E-state index in [1.807, 2.05) is 0 Å². The van der Waals surface area contributed by atoms with Crippen LogP contribution in [0.2, 0.25) is 0 Å². The van der Waals surface area contributed by atoms with Gasteiger partial charge in [0.1, 0.15) is 19.3 Å². The maximum Gasteiger partial charge on any atom is 0.472 e. The molecule has 0 spiro atoms. The Morgan fingerprint density at radius 2 is 0.444 bits per heavy atom. The Kier molecular flexibility index (Phi) is 76.2. The molecule has 0 aliphatic rings. The Hall–Kier alpha value is -1.94. The Labute approximate surface area is 664 Å². The zero-order valence-corrected chi connectivity index (χ0v) is 73.3. The summed E-state index contributed by atoms with van der Waals surface area (Å²) in [6.07, 6.45) is 68.1. The molecule has 0 aromatic rings. The van der Waals surface area contributed by atoms with Crippen molar-refractivity contribution in [2.75, 3.05) is 39.6 Å². The number of phosphoric acid groups is 2. The molecule has 0 heterocycles. The lowest BCUT2D eigenvalue weighted by atomic mass is 9.99. The molecule has 0 bridgehead atoms. The van der Waals surface area contributed by atoms with Gasteiger partial charge < -0.3 is 33.8 Å². The fraction of sp³-hybridized carbons (Fsp3) is 0.955. The third kappa shape index (κ3) is 80.7. The van der Waals surface area contributed by atoms with Crippen LogP contribution in [0.25, 0.3) is 0 Å². The summed E-state index contributed by atoms with van der Waals surface area (Å²) in [6.45, 7) is 14.4. The number of aliphatic hydroxyl groups is 1. The molecule has 0 aromatic carbocycles. The first-order chi connectivity index (χ1) is 52.1. The molecule has 0 fully saturated rings. The van der Waals surface area contributed by atoms with Crippen molar-refractivity contribution in [2.24, 2.45) is 23.7 Å². The van der Waals surface area contributed by atoms with Crippen LogP contribution in [0.3, 0.4) is 0 Å². The molecule has 642 valence electrons. The van der Waals surface area contributed by atoms with E-state index < -0.39 is 97.5 Å². The van der Waals surface area contributed by atoms with E-state index in [0.29, 0.717) is 31.6 Å². The van der Waals surface area contributed by atoms with Gasteiger partial charge in [0.25, 0.3) is 0 Å². The predicted octanol–water partition coefficient (Wildman–Crippen LogP) is 27.1. The highest BCUT2D eigenvalue weighted by Crippen LogP contribution is 2.45. The first kappa shape index (κ1) is 106. The number of carbonyl (C=O) groups is 4. The van der Waals surface area contributed by atoms with E-state index in [2.05, 4.69) is 55.4 Å². The number of ether oxygens (including phenoxy) is 4. The standard InChI is InChI=1S/C89H174O17P2/c1-9-82(8)68-60-52-44-36-30-24-18-12-10-11-13-19-26-32-38-46-55-63-71-88(93)105-84(75-99-86(91)69-61-53-45-37-31-25-20-14-16-22-28-34-41-49-57-65-79(2)3)77-103-107(95,96)101-73-83(90)74-102-108(97,98)104-78-85(76-100-87(92)70-62-54-48-40-43-51-59-67-81(6)7)106-89(94)72-64-56-47-39-33-27-21-15-17-23-29-35-42-50-58-66-80(4)5/h79-85,90H,9-78H2,1-8H3,(H,95,96)(H,97,98)/t82?,83?,84-,85-/m1/s1. The molecular formula is C89H174O17P2. The molecule has 0 amide bonds. The number of rotatable bonds is 86. The molecular weight excluding hydrogens is 1400 g/mol. The molecule has 0 radical (unpaired) electrons. The highest BCUT2D eigenvalue weighted by atomic mass is 31.2. The summed E-state index contributed by atoms with van der Waals surface area (Å²) in [5.41, 5.74) is 0. The lowest BCUT2D eigenvalue weighted by molar-refractivity contribution is -0.161. The first-order valence-electron chi connectivity index (χ1n) is 45.7. The quantitative estimate of drug-likeness (QED) is 0.0222. The molecule has 3 N–H and O–H groups in total. The number of aliphatic hydroxyl groups excluding tert-OH is 1. The van der Waals surface area contributed by atoms with E-state index in [0.717, 1.165) is 114 Å². The fourth-order valence-corrected chi connectivity index (χ4v) is 15.4. The van der Waals surface area contributed by atoms with Crippen LogP contribution in [0.5, 0.6) is 0 Å². The lowest BCUT2D eigenvalue weighted by Crippen LogP contribution is -2.30. The van der Waals surface area contributed by atoms with E-state index in [-0.39, 0.29) is 25.7 Å².